The van der Waals surface area contributed by atoms with Gasteiger partial charge in [0.1, 0.15) is 0 Å². The van der Waals surface area contributed by atoms with Gasteiger partial charge in [-0.05, 0) is 23.8 Å². The van der Waals surface area contributed by atoms with Gasteiger partial charge in [-0.3, -0.25) is 4.79 Å². The first-order chi connectivity index (χ1) is 7.73. The van der Waals surface area contributed by atoms with Gasteiger partial charge in [0.05, 0.1) is 4.32 Å². The fourth-order valence-corrected chi connectivity index (χ4v) is 5.01. The summed E-state index contributed by atoms with van der Waals surface area (Å²) in [4.78, 5) is 12.4. The molecule has 0 amide bonds. The molecule has 0 aromatic heterocycles. The Morgan fingerprint density at radius 1 is 1.25 bits per heavy atom. The second-order valence-corrected chi connectivity index (χ2v) is 6.36. The molecule has 1 fully saturated rings. The molecule has 16 heavy (non-hydrogen) atoms. The highest BCUT2D eigenvalue weighted by atomic mass is 79.9. The van der Waals surface area contributed by atoms with E-state index in [2.05, 4.69) is 34.1 Å². The van der Waals surface area contributed by atoms with Gasteiger partial charge >= 0.3 is 0 Å². The summed E-state index contributed by atoms with van der Waals surface area (Å²) in [6.45, 7) is 0. The standard InChI is InChI=1S/C14H11BrO/c15-14-9-6-5-8(7-9)12(14)13(16)10-3-1-2-4-11(10)14/h1-6,8-9,12H,7H2/t8-,9-,12-,14-/m0/s1. The molecule has 4 atom stereocenters. The number of rotatable bonds is 0. The van der Waals surface area contributed by atoms with Crippen molar-refractivity contribution in [3.63, 3.8) is 0 Å². The third-order valence-electron chi connectivity index (χ3n) is 4.42. The second-order valence-electron chi connectivity index (χ2n) is 5.05. The number of Topliss-reactive ketones (excluding diaryl/α,β-unsaturated/α-hetero) is 1. The maximum Gasteiger partial charge on any atom is 0.168 e. The van der Waals surface area contributed by atoms with Gasteiger partial charge in [-0.1, -0.05) is 52.3 Å². The molecule has 0 spiro atoms. The summed E-state index contributed by atoms with van der Waals surface area (Å²) in [7, 11) is 0. The normalized spacial score (nSPS) is 42.6. The predicted octanol–water partition coefficient (Wildman–Crippen LogP) is 3.30. The van der Waals surface area contributed by atoms with Gasteiger partial charge in [0.2, 0.25) is 0 Å². The zero-order valence-corrected chi connectivity index (χ0v) is 10.3. The lowest BCUT2D eigenvalue weighted by atomic mass is 9.83. The van der Waals surface area contributed by atoms with E-state index in [1.54, 1.807) is 0 Å². The molecular weight excluding hydrogens is 264 g/mol. The molecule has 3 aliphatic rings. The number of alkyl halides is 1. The number of hydrogen-bond acceptors (Lipinski definition) is 1. The van der Waals surface area contributed by atoms with Crippen LogP contribution in [0.4, 0.5) is 0 Å². The average molecular weight is 275 g/mol. The molecule has 3 aliphatic carbocycles. The SMILES string of the molecule is O=C1c2ccccc2[C@]2(Br)[C@H]1[C@H]1C=C[C@H]2C1. The Balaban J connectivity index is 2.03. The van der Waals surface area contributed by atoms with Gasteiger partial charge in [-0.2, -0.15) is 0 Å². The highest BCUT2D eigenvalue weighted by Crippen LogP contribution is 2.65. The second kappa shape index (κ2) is 2.67. The van der Waals surface area contributed by atoms with Crippen molar-refractivity contribution in [1.29, 1.82) is 0 Å². The third kappa shape index (κ3) is 0.797. The number of allylic oxidation sites excluding steroid dienone is 2. The Morgan fingerprint density at radius 3 is 2.94 bits per heavy atom. The van der Waals surface area contributed by atoms with E-state index < -0.39 is 0 Å². The van der Waals surface area contributed by atoms with Gasteiger partial charge < -0.3 is 0 Å². The Morgan fingerprint density at radius 2 is 2.06 bits per heavy atom. The zero-order valence-electron chi connectivity index (χ0n) is 8.69. The Bertz CT molecular complexity index is 533. The van der Waals surface area contributed by atoms with Crippen LogP contribution < -0.4 is 0 Å². The summed E-state index contributed by atoms with van der Waals surface area (Å²) < 4.78 is -0.0971. The number of halogens is 1. The van der Waals surface area contributed by atoms with E-state index in [0.29, 0.717) is 17.6 Å². The summed E-state index contributed by atoms with van der Waals surface area (Å²) in [6.07, 6.45) is 5.65. The molecule has 1 nitrogen and oxygen atoms in total. The number of carbonyl (C=O) groups is 1. The van der Waals surface area contributed by atoms with Crippen LogP contribution in [0.2, 0.25) is 0 Å². The van der Waals surface area contributed by atoms with E-state index in [0.717, 1.165) is 12.0 Å². The van der Waals surface area contributed by atoms with E-state index >= 15 is 0 Å². The number of fused-ring (bicyclic) bond motifs is 7. The molecular formula is C14H11BrO. The van der Waals surface area contributed by atoms with E-state index in [-0.39, 0.29) is 10.2 Å². The Hall–Kier alpha value is -0.890. The molecule has 1 aromatic carbocycles. The quantitative estimate of drug-likeness (QED) is 0.524. The number of benzene rings is 1. The summed E-state index contributed by atoms with van der Waals surface area (Å²) >= 11 is 3.90. The van der Waals surface area contributed by atoms with Crippen LogP contribution in [0.5, 0.6) is 0 Å². The van der Waals surface area contributed by atoms with Crippen molar-refractivity contribution >= 4 is 21.7 Å². The van der Waals surface area contributed by atoms with E-state index in [9.17, 15) is 4.79 Å². The van der Waals surface area contributed by atoms with Crippen molar-refractivity contribution in [2.75, 3.05) is 0 Å². The molecule has 2 bridgehead atoms. The van der Waals surface area contributed by atoms with Gasteiger partial charge in [0, 0.05) is 11.5 Å². The lowest BCUT2D eigenvalue weighted by Crippen LogP contribution is -2.31. The van der Waals surface area contributed by atoms with E-state index in [1.165, 1.54) is 5.56 Å². The van der Waals surface area contributed by atoms with E-state index in [1.807, 2.05) is 18.2 Å². The predicted molar refractivity (Wildman–Crippen MR) is 65.6 cm³/mol. The van der Waals surface area contributed by atoms with Gasteiger partial charge in [-0.15, -0.1) is 0 Å². The average Bonchev–Trinajstić information content (AvgIpc) is 2.92. The number of carbonyl (C=O) groups excluding carboxylic acids is 1. The fraction of sp³-hybridized carbons (Fsp3) is 0.357. The van der Waals surface area contributed by atoms with Gasteiger partial charge in [0.15, 0.2) is 5.78 Å². The fourth-order valence-electron chi connectivity index (χ4n) is 3.78. The van der Waals surface area contributed by atoms with Crippen molar-refractivity contribution in [2.45, 2.75) is 10.7 Å². The van der Waals surface area contributed by atoms with Crippen molar-refractivity contribution < 1.29 is 4.79 Å². The lowest BCUT2D eigenvalue weighted by Gasteiger charge is -2.30. The first kappa shape index (κ1) is 9.17. The minimum absolute atomic E-state index is 0.0971. The van der Waals surface area contributed by atoms with Crippen molar-refractivity contribution in [3.8, 4) is 0 Å². The maximum absolute atomic E-state index is 12.4. The Kier molecular flexibility index (Phi) is 1.53. The van der Waals surface area contributed by atoms with E-state index in [4.69, 9.17) is 0 Å². The number of ketones is 1. The molecule has 2 heteroatoms. The van der Waals surface area contributed by atoms with Crippen LogP contribution >= 0.6 is 15.9 Å². The number of hydrogen-bond donors (Lipinski definition) is 0. The van der Waals surface area contributed by atoms with Crippen LogP contribution in [0.3, 0.4) is 0 Å². The minimum Gasteiger partial charge on any atom is -0.294 e. The molecule has 0 aliphatic heterocycles. The highest BCUT2D eigenvalue weighted by Gasteiger charge is 2.62. The third-order valence-corrected chi connectivity index (χ3v) is 5.93. The van der Waals surface area contributed by atoms with Crippen molar-refractivity contribution in [2.24, 2.45) is 17.8 Å². The summed E-state index contributed by atoms with van der Waals surface area (Å²) in [5.41, 5.74) is 2.14. The van der Waals surface area contributed by atoms with Gasteiger partial charge in [-0.25, -0.2) is 0 Å². The summed E-state index contributed by atoms with van der Waals surface area (Å²) in [6, 6.07) is 8.08. The molecule has 0 unspecified atom stereocenters. The molecule has 80 valence electrons. The van der Waals surface area contributed by atoms with Crippen molar-refractivity contribution in [1.82, 2.24) is 0 Å². The molecule has 4 rings (SSSR count). The largest absolute Gasteiger partial charge is 0.294 e. The van der Waals surface area contributed by atoms with Crippen LogP contribution in [-0.2, 0) is 4.32 Å². The van der Waals surface area contributed by atoms with Gasteiger partial charge in [0.25, 0.3) is 0 Å². The molecule has 0 saturated heterocycles. The monoisotopic (exact) mass is 274 g/mol. The zero-order chi connectivity index (χ0) is 10.9. The Labute approximate surface area is 103 Å². The minimum atomic E-state index is -0.0971. The van der Waals surface area contributed by atoms with Crippen LogP contribution in [0, 0.1) is 17.8 Å². The van der Waals surface area contributed by atoms with Crippen LogP contribution in [0.1, 0.15) is 22.3 Å². The summed E-state index contributed by atoms with van der Waals surface area (Å²) in [5.74, 6) is 1.42. The molecule has 1 saturated carbocycles. The lowest BCUT2D eigenvalue weighted by molar-refractivity contribution is 0.0904. The topological polar surface area (TPSA) is 17.1 Å². The first-order valence-electron chi connectivity index (χ1n) is 5.74. The summed E-state index contributed by atoms with van der Waals surface area (Å²) in [5, 5.41) is 0. The molecule has 0 radical (unpaired) electrons. The first-order valence-corrected chi connectivity index (χ1v) is 6.53. The van der Waals surface area contributed by atoms with Crippen LogP contribution in [0.15, 0.2) is 36.4 Å². The molecule has 0 N–H and O–H groups in total. The van der Waals surface area contributed by atoms with Crippen LogP contribution in [-0.4, -0.2) is 5.78 Å². The maximum atomic E-state index is 12.4. The smallest absolute Gasteiger partial charge is 0.168 e. The molecule has 0 heterocycles. The van der Waals surface area contributed by atoms with Crippen LogP contribution in [0.25, 0.3) is 0 Å². The highest BCUT2D eigenvalue weighted by molar-refractivity contribution is 9.09. The molecule has 1 aromatic rings. The van der Waals surface area contributed by atoms with Crippen molar-refractivity contribution in [3.05, 3.63) is 47.5 Å².